The number of aliphatic hydroxyl groups is 1. The van der Waals surface area contributed by atoms with Gasteiger partial charge in [0.15, 0.2) is 0 Å². The molecule has 0 bridgehead atoms. The molecule has 2 heterocycles. The molecule has 4 unspecified atom stereocenters. The Balaban J connectivity index is 1.54. The van der Waals surface area contributed by atoms with Gasteiger partial charge in [0, 0.05) is 22.7 Å². The Morgan fingerprint density at radius 3 is 2.49 bits per heavy atom. The fourth-order valence-electron chi connectivity index (χ4n) is 6.70. The van der Waals surface area contributed by atoms with Gasteiger partial charge in [0.25, 0.3) is 0 Å². The molecule has 1 spiro atoms. The zero-order valence-electron chi connectivity index (χ0n) is 21.0. The van der Waals surface area contributed by atoms with Gasteiger partial charge in [-0.3, -0.25) is 14.9 Å². The molecule has 1 aliphatic carbocycles. The van der Waals surface area contributed by atoms with Gasteiger partial charge in [-0.25, -0.2) is 4.39 Å². The fourth-order valence-corrected chi connectivity index (χ4v) is 7.06. The number of hydrogen-bond donors (Lipinski definition) is 4. The highest BCUT2D eigenvalue weighted by Crippen LogP contribution is 2.60. The average Bonchev–Trinajstić information content (AvgIpc) is 3.42. The van der Waals surface area contributed by atoms with Crippen LogP contribution in [-0.4, -0.2) is 35.1 Å². The third kappa shape index (κ3) is 4.32. The van der Waals surface area contributed by atoms with Crippen molar-refractivity contribution in [3.8, 4) is 0 Å². The van der Waals surface area contributed by atoms with Crippen molar-refractivity contribution in [2.24, 2.45) is 0 Å². The van der Waals surface area contributed by atoms with Crippen molar-refractivity contribution in [2.75, 3.05) is 5.32 Å². The number of hydrogen-bond acceptors (Lipinski definition) is 4. The van der Waals surface area contributed by atoms with E-state index in [1.165, 1.54) is 6.07 Å². The predicted molar refractivity (Wildman–Crippen MR) is 148 cm³/mol. The Morgan fingerprint density at radius 2 is 1.74 bits per heavy atom. The van der Waals surface area contributed by atoms with Gasteiger partial charge in [0.1, 0.15) is 11.2 Å². The minimum Gasteiger partial charge on any atom is -0.393 e. The van der Waals surface area contributed by atoms with Gasteiger partial charge >= 0.3 is 0 Å². The molecule has 2 amide bonds. The van der Waals surface area contributed by atoms with Gasteiger partial charge in [-0.1, -0.05) is 71.7 Å². The first-order chi connectivity index (χ1) is 18.8. The summed E-state index contributed by atoms with van der Waals surface area (Å²) in [4.78, 5) is 28.2. The number of carbonyl (C=O) groups is 2. The number of anilines is 1. The summed E-state index contributed by atoms with van der Waals surface area (Å²) < 4.78 is 15.9. The monoisotopic (exact) mass is 567 g/mol. The Bertz CT molecular complexity index is 1430. The van der Waals surface area contributed by atoms with Gasteiger partial charge in [-0.15, -0.1) is 0 Å². The van der Waals surface area contributed by atoms with Crippen molar-refractivity contribution in [1.29, 1.82) is 0 Å². The lowest BCUT2D eigenvalue weighted by Gasteiger charge is -2.36. The number of halogens is 3. The second kappa shape index (κ2) is 10.2. The summed E-state index contributed by atoms with van der Waals surface area (Å²) in [7, 11) is 0. The van der Waals surface area contributed by atoms with Crippen LogP contribution in [-0.2, 0) is 15.0 Å². The van der Waals surface area contributed by atoms with E-state index in [1.54, 1.807) is 30.3 Å². The molecule has 6 rings (SSSR count). The van der Waals surface area contributed by atoms with Gasteiger partial charge in [0.05, 0.1) is 23.2 Å². The molecule has 39 heavy (non-hydrogen) atoms. The number of amides is 2. The quantitative estimate of drug-likeness (QED) is 0.347. The molecule has 0 aromatic heterocycles. The zero-order valence-corrected chi connectivity index (χ0v) is 22.5. The van der Waals surface area contributed by atoms with Crippen LogP contribution in [0.2, 0.25) is 10.0 Å². The molecule has 1 saturated carbocycles. The number of rotatable bonds is 4. The average molecular weight is 568 g/mol. The molecule has 6 nitrogen and oxygen atoms in total. The molecular weight excluding hydrogens is 540 g/mol. The molecule has 3 aliphatic rings. The lowest BCUT2D eigenvalue weighted by atomic mass is 9.63. The van der Waals surface area contributed by atoms with Crippen LogP contribution in [0.15, 0.2) is 66.7 Å². The van der Waals surface area contributed by atoms with E-state index in [-0.39, 0.29) is 34.5 Å². The Kier molecular flexibility index (Phi) is 6.88. The highest BCUT2D eigenvalue weighted by atomic mass is 35.5. The molecule has 4 N–H and O–H groups in total. The molecule has 202 valence electrons. The van der Waals surface area contributed by atoms with Gasteiger partial charge in [0.2, 0.25) is 11.8 Å². The summed E-state index contributed by atoms with van der Waals surface area (Å²) >= 11 is 12.5. The lowest BCUT2D eigenvalue weighted by molar-refractivity contribution is -0.124. The van der Waals surface area contributed by atoms with Crippen LogP contribution in [0.1, 0.15) is 54.3 Å². The van der Waals surface area contributed by atoms with Crippen LogP contribution < -0.4 is 16.0 Å². The van der Waals surface area contributed by atoms with E-state index in [9.17, 15) is 14.7 Å². The normalized spacial score (nSPS) is 29.7. The van der Waals surface area contributed by atoms with Crippen molar-refractivity contribution in [3.63, 3.8) is 0 Å². The Morgan fingerprint density at radius 1 is 1.00 bits per heavy atom. The summed E-state index contributed by atoms with van der Waals surface area (Å²) in [6.45, 7) is 0. The number of nitrogens with one attached hydrogen (secondary N) is 3. The minimum absolute atomic E-state index is 0.0824. The van der Waals surface area contributed by atoms with Crippen LogP contribution in [0, 0.1) is 5.82 Å². The van der Waals surface area contributed by atoms with E-state index in [0.717, 1.165) is 5.56 Å². The van der Waals surface area contributed by atoms with E-state index in [1.807, 2.05) is 30.3 Å². The molecule has 9 heteroatoms. The van der Waals surface area contributed by atoms with Crippen molar-refractivity contribution in [1.82, 2.24) is 10.6 Å². The van der Waals surface area contributed by atoms with Crippen LogP contribution >= 0.6 is 23.2 Å². The first kappa shape index (κ1) is 26.3. The van der Waals surface area contributed by atoms with Crippen LogP contribution in [0.5, 0.6) is 0 Å². The topological polar surface area (TPSA) is 90.5 Å². The van der Waals surface area contributed by atoms with Crippen LogP contribution in [0.3, 0.4) is 0 Å². The first-order valence-corrected chi connectivity index (χ1v) is 13.9. The summed E-state index contributed by atoms with van der Waals surface area (Å²) in [5, 5.41) is 19.8. The third-order valence-corrected chi connectivity index (χ3v) is 8.98. The van der Waals surface area contributed by atoms with Crippen molar-refractivity contribution >= 4 is 40.7 Å². The van der Waals surface area contributed by atoms with Crippen LogP contribution in [0.25, 0.3) is 0 Å². The SMILES string of the molecule is O=C(N[C@H]1CC[C@H](O)CC1)C1NC(c2ccccc2)C2(C(=O)Nc3cc(Cl)ccc32)C1c1cccc(Cl)c1F. The van der Waals surface area contributed by atoms with Gasteiger partial charge in [-0.2, -0.15) is 0 Å². The lowest BCUT2D eigenvalue weighted by Crippen LogP contribution is -2.49. The number of fused-ring (bicyclic) bond motifs is 2. The Hall–Kier alpha value is -2.97. The molecule has 2 aliphatic heterocycles. The van der Waals surface area contributed by atoms with E-state index < -0.39 is 29.2 Å². The Labute approximate surface area is 235 Å². The molecular formula is C30H28Cl2FN3O3. The predicted octanol–water partition coefficient (Wildman–Crippen LogP) is 5.24. The van der Waals surface area contributed by atoms with Gasteiger partial charge in [-0.05, 0) is 60.6 Å². The molecule has 0 radical (unpaired) electrons. The second-order valence-corrected chi connectivity index (χ2v) is 11.5. The van der Waals surface area contributed by atoms with Gasteiger partial charge < -0.3 is 15.7 Å². The first-order valence-electron chi connectivity index (χ1n) is 13.2. The second-order valence-electron chi connectivity index (χ2n) is 10.6. The highest BCUT2D eigenvalue weighted by Gasteiger charge is 2.66. The summed E-state index contributed by atoms with van der Waals surface area (Å²) in [5.41, 5.74) is 0.769. The van der Waals surface area contributed by atoms with E-state index in [4.69, 9.17) is 23.2 Å². The maximum absolute atomic E-state index is 15.9. The number of aliphatic hydroxyl groups excluding tert-OH is 1. The molecule has 3 aromatic rings. The minimum atomic E-state index is -1.38. The third-order valence-electron chi connectivity index (χ3n) is 8.45. The highest BCUT2D eigenvalue weighted by molar-refractivity contribution is 6.31. The summed E-state index contributed by atoms with van der Waals surface area (Å²) in [5.74, 6) is -2.26. The summed E-state index contributed by atoms with van der Waals surface area (Å²) in [6, 6.07) is 17.5. The largest absolute Gasteiger partial charge is 0.393 e. The van der Waals surface area contributed by atoms with E-state index in [2.05, 4.69) is 16.0 Å². The number of carbonyl (C=O) groups excluding carboxylic acids is 2. The maximum atomic E-state index is 15.9. The number of benzene rings is 3. The molecule has 3 aromatic carbocycles. The molecule has 4 atom stereocenters. The van der Waals surface area contributed by atoms with Crippen LogP contribution in [0.4, 0.5) is 10.1 Å². The van der Waals surface area contributed by atoms with E-state index >= 15 is 4.39 Å². The summed E-state index contributed by atoms with van der Waals surface area (Å²) in [6.07, 6.45) is 2.12. The maximum Gasteiger partial charge on any atom is 0.238 e. The van der Waals surface area contributed by atoms with E-state index in [0.29, 0.717) is 42.0 Å². The molecule has 2 fully saturated rings. The molecule has 1 saturated heterocycles. The zero-order chi connectivity index (χ0) is 27.3. The van der Waals surface area contributed by atoms with Crippen molar-refractivity contribution < 1.29 is 19.1 Å². The standard InChI is InChI=1S/C30H28Cl2FN3O3/c31-17-9-14-21-23(15-17)35-29(39)30(21)24(20-7-4-8-22(32)25(20)33)26(36-27(30)16-5-2-1-3-6-16)28(38)34-18-10-12-19(37)13-11-18/h1-9,14-15,18-19,24,26-27,36-37H,10-13H2,(H,34,38)(H,35,39)/t18-,19-,24?,26?,27?,30?. The fraction of sp³-hybridized carbons (Fsp3) is 0.333. The smallest absolute Gasteiger partial charge is 0.238 e. The van der Waals surface area contributed by atoms with Crippen molar-refractivity contribution in [2.45, 2.75) is 61.2 Å². The van der Waals surface area contributed by atoms with Crippen molar-refractivity contribution in [3.05, 3.63) is 99.3 Å².